The molecule has 1 rings (SSSR count). The molecule has 0 aromatic heterocycles. The molecule has 14 heavy (non-hydrogen) atoms. The van der Waals surface area contributed by atoms with Gasteiger partial charge in [-0.2, -0.15) is 4.99 Å². The summed E-state index contributed by atoms with van der Waals surface area (Å²) in [6.45, 7) is 0. The van der Waals surface area contributed by atoms with Crippen LogP contribution >= 0.6 is 11.6 Å². The maximum Gasteiger partial charge on any atom is 0.247 e. The molecule has 0 aliphatic heterocycles. The van der Waals surface area contributed by atoms with E-state index in [-0.39, 0.29) is 0 Å². The van der Waals surface area contributed by atoms with Crippen molar-refractivity contribution in [1.82, 2.24) is 0 Å². The van der Waals surface area contributed by atoms with Crippen molar-refractivity contribution < 1.29 is 9.59 Å². The van der Waals surface area contributed by atoms with Gasteiger partial charge in [0.1, 0.15) is 6.04 Å². The minimum absolute atomic E-state index is 0.332. The molecule has 1 aromatic carbocycles. The first-order valence-electron chi connectivity index (χ1n) is 4.04. The average Bonchev–Trinajstić information content (AvgIpc) is 2.18. The zero-order chi connectivity index (χ0) is 10.4. The van der Waals surface area contributed by atoms with Crippen LogP contribution in [0.5, 0.6) is 0 Å². The van der Waals surface area contributed by atoms with E-state index in [0.29, 0.717) is 6.42 Å². The van der Waals surface area contributed by atoms with Crippen LogP contribution in [-0.4, -0.2) is 17.4 Å². The van der Waals surface area contributed by atoms with Crippen LogP contribution in [0.2, 0.25) is 0 Å². The van der Waals surface area contributed by atoms with Crippen molar-refractivity contribution in [1.29, 1.82) is 0 Å². The average molecular weight is 210 g/mol. The van der Waals surface area contributed by atoms with Crippen molar-refractivity contribution in [2.75, 3.05) is 0 Å². The molecule has 1 unspecified atom stereocenters. The Bertz CT molecular complexity index is 356. The monoisotopic (exact) mass is 209 g/mol. The number of isocyanates is 1. The summed E-state index contributed by atoms with van der Waals surface area (Å²) in [4.78, 5) is 24.2. The molecule has 0 spiro atoms. The van der Waals surface area contributed by atoms with E-state index in [2.05, 4.69) is 4.99 Å². The Morgan fingerprint density at radius 3 is 2.57 bits per heavy atom. The zero-order valence-electron chi connectivity index (χ0n) is 7.31. The highest BCUT2D eigenvalue weighted by molar-refractivity contribution is 6.64. The number of carbonyl (C=O) groups is 1. The Labute approximate surface area is 86.4 Å². The Balaban J connectivity index is 2.75. The van der Waals surface area contributed by atoms with E-state index in [9.17, 15) is 9.59 Å². The molecule has 0 amide bonds. The van der Waals surface area contributed by atoms with Gasteiger partial charge >= 0.3 is 0 Å². The third-order valence-electron chi connectivity index (χ3n) is 1.74. The molecule has 0 heterocycles. The Morgan fingerprint density at radius 1 is 1.43 bits per heavy atom. The lowest BCUT2D eigenvalue weighted by molar-refractivity contribution is -0.112. The molecule has 72 valence electrons. The van der Waals surface area contributed by atoms with Gasteiger partial charge in [0.15, 0.2) is 0 Å². The molecular weight excluding hydrogens is 202 g/mol. The van der Waals surface area contributed by atoms with Gasteiger partial charge in [-0.3, -0.25) is 4.79 Å². The van der Waals surface area contributed by atoms with Gasteiger partial charge in [0.05, 0.1) is 0 Å². The second kappa shape index (κ2) is 5.32. The van der Waals surface area contributed by atoms with Gasteiger partial charge in [0, 0.05) is 6.42 Å². The maximum atomic E-state index is 10.8. The Kier molecular flexibility index (Phi) is 4.05. The molecule has 0 saturated carbocycles. The summed E-state index contributed by atoms with van der Waals surface area (Å²) in [5.41, 5.74) is 0.908. The highest BCUT2D eigenvalue weighted by atomic mass is 35.5. The highest BCUT2D eigenvalue weighted by Crippen LogP contribution is 2.07. The van der Waals surface area contributed by atoms with Gasteiger partial charge in [-0.05, 0) is 17.2 Å². The fourth-order valence-corrected chi connectivity index (χ4v) is 1.20. The van der Waals surface area contributed by atoms with Crippen LogP contribution in [0.4, 0.5) is 0 Å². The van der Waals surface area contributed by atoms with Gasteiger partial charge in [0.25, 0.3) is 0 Å². The van der Waals surface area contributed by atoms with Gasteiger partial charge < -0.3 is 0 Å². The number of nitrogens with zero attached hydrogens (tertiary/aromatic N) is 1. The lowest BCUT2D eigenvalue weighted by atomic mass is 10.1. The van der Waals surface area contributed by atoms with E-state index in [0.717, 1.165) is 5.56 Å². The summed E-state index contributed by atoms with van der Waals surface area (Å²) in [5.74, 6) is 0. The smallest absolute Gasteiger partial charge is 0.247 e. The highest BCUT2D eigenvalue weighted by Gasteiger charge is 2.15. The number of rotatable bonds is 4. The van der Waals surface area contributed by atoms with Crippen LogP contribution in [0.25, 0.3) is 0 Å². The maximum absolute atomic E-state index is 10.8. The molecule has 0 N–H and O–H groups in total. The molecule has 0 fully saturated rings. The van der Waals surface area contributed by atoms with E-state index >= 15 is 0 Å². The number of carbonyl (C=O) groups excluding carboxylic acids is 2. The lowest BCUT2D eigenvalue weighted by Crippen LogP contribution is -2.15. The Hall–Kier alpha value is -1.44. The summed E-state index contributed by atoms with van der Waals surface area (Å²) in [5, 5.41) is -0.641. The molecule has 0 bridgehead atoms. The van der Waals surface area contributed by atoms with Crippen LogP contribution in [0.15, 0.2) is 35.3 Å². The number of benzene rings is 1. The molecule has 1 atom stereocenters. The van der Waals surface area contributed by atoms with Crippen molar-refractivity contribution in [3.63, 3.8) is 0 Å². The predicted molar refractivity (Wildman–Crippen MR) is 52.9 cm³/mol. The van der Waals surface area contributed by atoms with Gasteiger partial charge in [-0.25, -0.2) is 4.79 Å². The molecule has 0 aliphatic carbocycles. The molecule has 4 heteroatoms. The second-order valence-electron chi connectivity index (χ2n) is 2.73. The summed E-state index contributed by atoms with van der Waals surface area (Å²) < 4.78 is 0. The van der Waals surface area contributed by atoms with Crippen molar-refractivity contribution in [2.45, 2.75) is 12.5 Å². The quantitative estimate of drug-likeness (QED) is 0.431. The standard InChI is InChI=1S/C10H8ClNO2/c11-10(14)9(12-7-13)6-8-4-2-1-3-5-8/h1-5,9H,6H2. The molecule has 0 aliphatic rings. The fraction of sp³-hybridized carbons (Fsp3) is 0.200. The number of hydrogen-bond donors (Lipinski definition) is 0. The minimum atomic E-state index is -0.823. The van der Waals surface area contributed by atoms with E-state index < -0.39 is 11.3 Å². The normalized spacial score (nSPS) is 11.5. The second-order valence-corrected chi connectivity index (χ2v) is 3.10. The van der Waals surface area contributed by atoms with Crippen molar-refractivity contribution >= 4 is 22.9 Å². The van der Waals surface area contributed by atoms with Crippen LogP contribution in [0, 0.1) is 0 Å². The molecule has 3 nitrogen and oxygen atoms in total. The first kappa shape index (κ1) is 10.6. The molecule has 1 aromatic rings. The number of hydrogen-bond acceptors (Lipinski definition) is 3. The first-order chi connectivity index (χ1) is 6.74. The van der Waals surface area contributed by atoms with Crippen LogP contribution in [-0.2, 0) is 16.0 Å². The minimum Gasteiger partial charge on any atom is -0.279 e. The van der Waals surface area contributed by atoms with Gasteiger partial charge in [0.2, 0.25) is 11.3 Å². The first-order valence-corrected chi connectivity index (χ1v) is 4.42. The third kappa shape index (κ3) is 3.13. The number of aliphatic imine (C=N–C) groups is 1. The summed E-state index contributed by atoms with van der Waals surface area (Å²) in [6, 6.07) is 8.41. The number of halogens is 1. The lowest BCUT2D eigenvalue weighted by Gasteiger charge is -2.04. The van der Waals surface area contributed by atoms with Crippen molar-refractivity contribution in [3.05, 3.63) is 35.9 Å². The summed E-state index contributed by atoms with van der Waals surface area (Å²) >= 11 is 5.26. The van der Waals surface area contributed by atoms with Crippen LogP contribution < -0.4 is 0 Å². The molecular formula is C10H8ClNO2. The zero-order valence-corrected chi connectivity index (χ0v) is 8.07. The van der Waals surface area contributed by atoms with Crippen molar-refractivity contribution in [3.8, 4) is 0 Å². The topological polar surface area (TPSA) is 46.5 Å². The van der Waals surface area contributed by atoms with E-state index in [1.54, 1.807) is 0 Å². The fourth-order valence-electron chi connectivity index (χ4n) is 1.08. The SMILES string of the molecule is O=C=NC(Cc1ccccc1)C(=O)Cl. The third-order valence-corrected chi connectivity index (χ3v) is 1.99. The predicted octanol–water partition coefficient (Wildman–Crippen LogP) is 1.70. The summed E-state index contributed by atoms with van der Waals surface area (Å²) in [7, 11) is 0. The Morgan fingerprint density at radius 2 is 2.07 bits per heavy atom. The van der Waals surface area contributed by atoms with Gasteiger partial charge in [-0.15, -0.1) is 0 Å². The molecule has 0 radical (unpaired) electrons. The largest absolute Gasteiger partial charge is 0.279 e. The van der Waals surface area contributed by atoms with Crippen molar-refractivity contribution in [2.24, 2.45) is 4.99 Å². The molecule has 0 saturated heterocycles. The van der Waals surface area contributed by atoms with E-state index in [1.807, 2.05) is 30.3 Å². The van der Waals surface area contributed by atoms with Crippen LogP contribution in [0.1, 0.15) is 5.56 Å². The van der Waals surface area contributed by atoms with Gasteiger partial charge in [-0.1, -0.05) is 30.3 Å². The van der Waals surface area contributed by atoms with E-state index in [1.165, 1.54) is 6.08 Å². The van der Waals surface area contributed by atoms with E-state index in [4.69, 9.17) is 11.6 Å². The van der Waals surface area contributed by atoms with Crippen LogP contribution in [0.3, 0.4) is 0 Å². The summed E-state index contributed by atoms with van der Waals surface area (Å²) in [6.07, 6.45) is 1.67.